The molecule has 5 nitrogen and oxygen atoms in total. The second-order valence-corrected chi connectivity index (χ2v) is 5.61. The van der Waals surface area contributed by atoms with E-state index in [0.717, 1.165) is 29.3 Å². The zero-order valence-electron chi connectivity index (χ0n) is 10.6. The highest BCUT2D eigenvalue weighted by Crippen LogP contribution is 2.23. The summed E-state index contributed by atoms with van der Waals surface area (Å²) in [6.07, 6.45) is 5.66. The summed E-state index contributed by atoms with van der Waals surface area (Å²) in [6, 6.07) is 4.17. The number of nitrogens with zero attached hydrogens (tertiary/aromatic N) is 3. The molecule has 0 aliphatic carbocycles. The van der Waals surface area contributed by atoms with Gasteiger partial charge >= 0.3 is 0 Å². The second-order valence-electron chi connectivity index (χ2n) is 4.44. The minimum absolute atomic E-state index is 0.0797. The van der Waals surface area contributed by atoms with E-state index in [2.05, 4.69) is 27.2 Å². The third kappa shape index (κ3) is 2.58. The maximum Gasteiger partial charge on any atom is 0.242 e. The summed E-state index contributed by atoms with van der Waals surface area (Å²) in [6.45, 7) is 0. The Balaban J connectivity index is 1.78. The number of hydrogen-bond acceptors (Lipinski definition) is 4. The smallest absolute Gasteiger partial charge is 0.242 e. The quantitative estimate of drug-likeness (QED) is 0.930. The van der Waals surface area contributed by atoms with E-state index < -0.39 is 0 Å². The molecule has 0 saturated carbocycles. The standard InChI is InChI=1S/C13H14N4OS/c1-17-13(18)5-3-10(16-17)11-4-2-9(19-11)8-12-14-6-7-15-12/h2,4,6-7H,3,5,8H2,1H3,(H,14,15). The van der Waals surface area contributed by atoms with Gasteiger partial charge in [0.15, 0.2) is 0 Å². The van der Waals surface area contributed by atoms with Crippen LogP contribution in [-0.2, 0) is 11.2 Å². The molecule has 0 aromatic carbocycles. The summed E-state index contributed by atoms with van der Waals surface area (Å²) < 4.78 is 0. The van der Waals surface area contributed by atoms with Gasteiger partial charge < -0.3 is 4.98 Å². The van der Waals surface area contributed by atoms with Crippen LogP contribution in [0, 0.1) is 0 Å². The molecule has 98 valence electrons. The van der Waals surface area contributed by atoms with Crippen molar-refractivity contribution in [2.24, 2.45) is 5.10 Å². The Kier molecular flexibility index (Phi) is 3.16. The van der Waals surface area contributed by atoms with Gasteiger partial charge in [-0.3, -0.25) is 4.79 Å². The maximum atomic E-state index is 11.4. The Morgan fingerprint density at radius 2 is 2.32 bits per heavy atom. The highest BCUT2D eigenvalue weighted by molar-refractivity contribution is 7.14. The van der Waals surface area contributed by atoms with Crippen LogP contribution in [-0.4, -0.2) is 33.6 Å². The molecule has 3 rings (SSSR count). The number of aromatic nitrogens is 2. The normalized spacial score (nSPS) is 15.7. The number of hydrazone groups is 1. The van der Waals surface area contributed by atoms with Gasteiger partial charge in [-0.2, -0.15) is 5.10 Å². The van der Waals surface area contributed by atoms with Gasteiger partial charge in [-0.25, -0.2) is 9.99 Å². The fourth-order valence-electron chi connectivity index (χ4n) is 2.03. The lowest BCUT2D eigenvalue weighted by atomic mass is 10.1. The Bertz CT molecular complexity index is 614. The highest BCUT2D eigenvalue weighted by atomic mass is 32.1. The lowest BCUT2D eigenvalue weighted by molar-refractivity contribution is -0.130. The summed E-state index contributed by atoms with van der Waals surface area (Å²) in [4.78, 5) is 21.1. The average Bonchev–Trinajstić information content (AvgIpc) is 3.05. The van der Waals surface area contributed by atoms with E-state index in [1.807, 2.05) is 6.20 Å². The molecular weight excluding hydrogens is 260 g/mol. The number of thiophene rings is 1. The van der Waals surface area contributed by atoms with Crippen molar-refractivity contribution >= 4 is 23.0 Å². The van der Waals surface area contributed by atoms with Crippen LogP contribution >= 0.6 is 11.3 Å². The summed E-state index contributed by atoms with van der Waals surface area (Å²) in [7, 11) is 1.71. The molecule has 0 radical (unpaired) electrons. The third-order valence-corrected chi connectivity index (χ3v) is 4.18. The van der Waals surface area contributed by atoms with E-state index in [9.17, 15) is 4.79 Å². The second kappa shape index (κ2) is 4.97. The van der Waals surface area contributed by atoms with Crippen LogP contribution in [0.25, 0.3) is 0 Å². The van der Waals surface area contributed by atoms with E-state index in [1.165, 1.54) is 9.89 Å². The monoisotopic (exact) mass is 274 g/mol. The van der Waals surface area contributed by atoms with Gasteiger partial charge in [0.25, 0.3) is 0 Å². The van der Waals surface area contributed by atoms with Crippen LogP contribution in [0.5, 0.6) is 0 Å². The van der Waals surface area contributed by atoms with Crippen LogP contribution in [0.15, 0.2) is 29.6 Å². The van der Waals surface area contributed by atoms with Gasteiger partial charge in [0.2, 0.25) is 5.91 Å². The first-order chi connectivity index (χ1) is 9.22. The molecule has 0 saturated heterocycles. The Hall–Kier alpha value is -1.95. The van der Waals surface area contributed by atoms with Crippen molar-refractivity contribution in [2.75, 3.05) is 7.05 Å². The van der Waals surface area contributed by atoms with Crippen LogP contribution in [0.4, 0.5) is 0 Å². The first kappa shape index (κ1) is 12.1. The van der Waals surface area contributed by atoms with Gasteiger partial charge in [0, 0.05) is 43.6 Å². The molecule has 6 heteroatoms. The lowest BCUT2D eigenvalue weighted by Gasteiger charge is -2.18. The van der Waals surface area contributed by atoms with Crippen molar-refractivity contribution in [3.05, 3.63) is 40.1 Å². The fourth-order valence-corrected chi connectivity index (χ4v) is 3.06. The lowest BCUT2D eigenvalue weighted by Crippen LogP contribution is -2.28. The summed E-state index contributed by atoms with van der Waals surface area (Å²) in [5.74, 6) is 1.04. The van der Waals surface area contributed by atoms with Crippen LogP contribution < -0.4 is 0 Å². The molecule has 0 bridgehead atoms. The van der Waals surface area contributed by atoms with Crippen molar-refractivity contribution in [3.8, 4) is 0 Å². The van der Waals surface area contributed by atoms with Gasteiger partial charge in [-0.05, 0) is 12.1 Å². The number of nitrogens with one attached hydrogen (secondary N) is 1. The van der Waals surface area contributed by atoms with Crippen LogP contribution in [0.2, 0.25) is 0 Å². The molecule has 1 amide bonds. The third-order valence-electron chi connectivity index (χ3n) is 3.05. The molecule has 2 aromatic heterocycles. The average molecular weight is 274 g/mol. The zero-order valence-corrected chi connectivity index (χ0v) is 11.4. The Morgan fingerprint density at radius 3 is 3.05 bits per heavy atom. The van der Waals surface area contributed by atoms with Crippen molar-refractivity contribution in [3.63, 3.8) is 0 Å². The molecule has 0 fully saturated rings. The van der Waals surface area contributed by atoms with Crippen molar-refractivity contribution in [1.29, 1.82) is 0 Å². The molecule has 0 unspecified atom stereocenters. The van der Waals surface area contributed by atoms with E-state index in [-0.39, 0.29) is 5.91 Å². The number of H-pyrrole nitrogens is 1. The van der Waals surface area contributed by atoms with E-state index >= 15 is 0 Å². The Labute approximate surface area is 115 Å². The first-order valence-electron chi connectivity index (χ1n) is 6.14. The van der Waals surface area contributed by atoms with Crippen LogP contribution in [0.3, 0.4) is 0 Å². The summed E-state index contributed by atoms with van der Waals surface area (Å²) in [5.41, 5.74) is 0.998. The Morgan fingerprint density at radius 1 is 1.42 bits per heavy atom. The summed E-state index contributed by atoms with van der Waals surface area (Å²) >= 11 is 1.71. The molecule has 2 aromatic rings. The molecule has 0 atom stereocenters. The number of aromatic amines is 1. The van der Waals surface area contributed by atoms with Gasteiger partial charge in [-0.15, -0.1) is 11.3 Å². The molecule has 0 spiro atoms. The molecule has 1 aliphatic rings. The number of imidazole rings is 1. The number of carbonyl (C=O) groups excluding carboxylic acids is 1. The maximum absolute atomic E-state index is 11.4. The number of carbonyl (C=O) groups is 1. The fraction of sp³-hybridized carbons (Fsp3) is 0.308. The molecule has 3 heterocycles. The van der Waals surface area contributed by atoms with Crippen molar-refractivity contribution in [2.45, 2.75) is 19.3 Å². The number of rotatable bonds is 3. The summed E-state index contributed by atoms with van der Waals surface area (Å²) in [5, 5.41) is 5.77. The molecular formula is C13H14N4OS. The predicted octanol–water partition coefficient (Wildman–Crippen LogP) is 2.02. The molecule has 1 aliphatic heterocycles. The minimum Gasteiger partial charge on any atom is -0.348 e. The molecule has 1 N–H and O–H groups in total. The molecule has 19 heavy (non-hydrogen) atoms. The largest absolute Gasteiger partial charge is 0.348 e. The van der Waals surface area contributed by atoms with E-state index in [1.54, 1.807) is 24.6 Å². The zero-order chi connectivity index (χ0) is 13.2. The topological polar surface area (TPSA) is 61.4 Å². The van der Waals surface area contributed by atoms with E-state index in [0.29, 0.717) is 6.42 Å². The van der Waals surface area contributed by atoms with Crippen molar-refractivity contribution < 1.29 is 4.79 Å². The first-order valence-corrected chi connectivity index (χ1v) is 6.95. The highest BCUT2D eigenvalue weighted by Gasteiger charge is 2.19. The van der Waals surface area contributed by atoms with E-state index in [4.69, 9.17) is 0 Å². The van der Waals surface area contributed by atoms with Gasteiger partial charge in [-0.1, -0.05) is 0 Å². The number of hydrogen-bond donors (Lipinski definition) is 1. The van der Waals surface area contributed by atoms with Crippen LogP contribution in [0.1, 0.15) is 28.4 Å². The predicted molar refractivity (Wildman–Crippen MR) is 74.3 cm³/mol. The number of amides is 1. The van der Waals surface area contributed by atoms with Gasteiger partial charge in [0.05, 0.1) is 10.6 Å². The SMILES string of the molecule is CN1N=C(c2ccc(Cc3ncc[nH]3)s2)CCC1=O. The van der Waals surface area contributed by atoms with Crippen molar-refractivity contribution in [1.82, 2.24) is 15.0 Å². The van der Waals surface area contributed by atoms with Gasteiger partial charge in [0.1, 0.15) is 5.82 Å². The minimum atomic E-state index is 0.0797.